The standard InChI is InChI=1S/C20H26N2O5S/c1-6-26-15-9-7-14(8-10-15)11-16-17(23)22(19(25)28-16)13(2)12-21-18(24)27-20(3,4)5/h7-11,13H,6,12H2,1-5H3,(H,21,24)/b16-11-. The van der Waals surface area contributed by atoms with Gasteiger partial charge >= 0.3 is 6.09 Å². The van der Waals surface area contributed by atoms with E-state index in [1.54, 1.807) is 33.8 Å². The van der Waals surface area contributed by atoms with Gasteiger partial charge in [0.2, 0.25) is 0 Å². The maximum Gasteiger partial charge on any atom is 0.407 e. The first-order valence-corrected chi connectivity index (χ1v) is 9.89. The van der Waals surface area contributed by atoms with Crippen molar-refractivity contribution < 1.29 is 23.9 Å². The van der Waals surface area contributed by atoms with E-state index in [9.17, 15) is 14.4 Å². The highest BCUT2D eigenvalue weighted by molar-refractivity contribution is 8.18. The number of carbonyl (C=O) groups is 3. The number of nitrogens with one attached hydrogen (secondary N) is 1. The number of amides is 3. The van der Waals surface area contributed by atoms with Gasteiger partial charge in [-0.05, 0) is 70.2 Å². The molecule has 1 heterocycles. The van der Waals surface area contributed by atoms with Crippen LogP contribution >= 0.6 is 11.8 Å². The monoisotopic (exact) mass is 406 g/mol. The summed E-state index contributed by atoms with van der Waals surface area (Å²) in [6.07, 6.45) is 1.09. The van der Waals surface area contributed by atoms with Gasteiger partial charge in [0, 0.05) is 6.54 Å². The van der Waals surface area contributed by atoms with Crippen LogP contribution in [0.4, 0.5) is 9.59 Å². The van der Waals surface area contributed by atoms with E-state index in [-0.39, 0.29) is 17.7 Å². The van der Waals surface area contributed by atoms with Gasteiger partial charge in [0.1, 0.15) is 11.4 Å². The summed E-state index contributed by atoms with van der Waals surface area (Å²) in [5.41, 5.74) is 0.185. The number of benzene rings is 1. The molecule has 152 valence electrons. The zero-order valence-electron chi connectivity index (χ0n) is 16.8. The topological polar surface area (TPSA) is 84.9 Å². The Morgan fingerprint density at radius 2 is 1.89 bits per heavy atom. The smallest absolute Gasteiger partial charge is 0.407 e. The van der Waals surface area contributed by atoms with Crippen LogP contribution < -0.4 is 10.1 Å². The molecule has 0 bridgehead atoms. The number of thioether (sulfide) groups is 1. The molecule has 1 aliphatic rings. The number of rotatable bonds is 6. The minimum Gasteiger partial charge on any atom is -0.494 e. The molecule has 2 rings (SSSR count). The fourth-order valence-corrected chi connectivity index (χ4v) is 3.40. The lowest BCUT2D eigenvalue weighted by atomic mass is 10.2. The van der Waals surface area contributed by atoms with Crippen molar-refractivity contribution in [1.82, 2.24) is 10.2 Å². The summed E-state index contributed by atoms with van der Waals surface area (Å²) in [6.45, 7) is 9.58. The highest BCUT2D eigenvalue weighted by atomic mass is 32.2. The van der Waals surface area contributed by atoms with Crippen LogP contribution in [-0.2, 0) is 9.53 Å². The second kappa shape index (κ2) is 9.14. The second-order valence-corrected chi connectivity index (χ2v) is 8.28. The highest BCUT2D eigenvalue weighted by Gasteiger charge is 2.38. The normalized spacial score (nSPS) is 17.0. The van der Waals surface area contributed by atoms with Gasteiger partial charge in [-0.1, -0.05) is 12.1 Å². The first kappa shape index (κ1) is 21.8. The Bertz CT molecular complexity index is 768. The lowest BCUT2D eigenvalue weighted by molar-refractivity contribution is -0.124. The van der Waals surface area contributed by atoms with Crippen molar-refractivity contribution in [2.45, 2.75) is 46.3 Å². The first-order valence-electron chi connectivity index (χ1n) is 9.07. The van der Waals surface area contributed by atoms with Gasteiger partial charge < -0.3 is 14.8 Å². The number of ether oxygens (including phenoxy) is 2. The van der Waals surface area contributed by atoms with Crippen LogP contribution in [0.2, 0.25) is 0 Å². The molecule has 0 radical (unpaired) electrons. The molecule has 1 aromatic rings. The van der Waals surface area contributed by atoms with Crippen LogP contribution in [0.25, 0.3) is 6.08 Å². The maximum absolute atomic E-state index is 12.7. The van der Waals surface area contributed by atoms with E-state index in [1.807, 2.05) is 31.2 Å². The van der Waals surface area contributed by atoms with Crippen LogP contribution in [0.3, 0.4) is 0 Å². The molecule has 0 saturated carbocycles. The van der Waals surface area contributed by atoms with E-state index in [1.165, 1.54) is 0 Å². The van der Waals surface area contributed by atoms with E-state index in [2.05, 4.69) is 5.32 Å². The summed E-state index contributed by atoms with van der Waals surface area (Å²) in [5.74, 6) is 0.372. The Morgan fingerprint density at radius 1 is 1.25 bits per heavy atom. The summed E-state index contributed by atoms with van der Waals surface area (Å²) < 4.78 is 10.6. The molecule has 28 heavy (non-hydrogen) atoms. The van der Waals surface area contributed by atoms with Gasteiger partial charge in [0.05, 0.1) is 17.6 Å². The van der Waals surface area contributed by atoms with Crippen LogP contribution in [0, 0.1) is 0 Å². The molecule has 1 aromatic carbocycles. The fourth-order valence-electron chi connectivity index (χ4n) is 2.47. The summed E-state index contributed by atoms with van der Waals surface area (Å²) in [5, 5.41) is 2.23. The Morgan fingerprint density at radius 3 is 2.46 bits per heavy atom. The predicted molar refractivity (Wildman–Crippen MR) is 109 cm³/mol. The van der Waals surface area contributed by atoms with Gasteiger partial charge in [-0.3, -0.25) is 14.5 Å². The van der Waals surface area contributed by atoms with E-state index in [4.69, 9.17) is 9.47 Å². The first-order chi connectivity index (χ1) is 13.1. The van der Waals surface area contributed by atoms with Crippen molar-refractivity contribution in [2.24, 2.45) is 0 Å². The average Bonchev–Trinajstić information content (AvgIpc) is 2.87. The lowest BCUT2D eigenvalue weighted by Gasteiger charge is -2.24. The SMILES string of the molecule is CCOc1ccc(/C=C2\SC(=O)N(C(C)CNC(=O)OC(C)(C)C)C2=O)cc1. The second-order valence-electron chi connectivity index (χ2n) is 7.29. The van der Waals surface area contributed by atoms with Crippen LogP contribution in [-0.4, -0.2) is 46.9 Å². The van der Waals surface area contributed by atoms with E-state index in [0.29, 0.717) is 11.5 Å². The van der Waals surface area contributed by atoms with Gasteiger partial charge in [-0.25, -0.2) is 4.79 Å². The average molecular weight is 407 g/mol. The lowest BCUT2D eigenvalue weighted by Crippen LogP contribution is -2.45. The number of imide groups is 1. The zero-order valence-corrected chi connectivity index (χ0v) is 17.6. The summed E-state index contributed by atoms with van der Waals surface area (Å²) in [4.78, 5) is 38.2. The number of hydrogen-bond acceptors (Lipinski definition) is 6. The van der Waals surface area contributed by atoms with Crippen molar-refractivity contribution in [1.29, 1.82) is 0 Å². The largest absolute Gasteiger partial charge is 0.494 e. The van der Waals surface area contributed by atoms with Crippen LogP contribution in [0.1, 0.15) is 40.2 Å². The highest BCUT2D eigenvalue weighted by Crippen LogP contribution is 2.33. The van der Waals surface area contributed by atoms with Gasteiger partial charge in [0.15, 0.2) is 0 Å². The van der Waals surface area contributed by atoms with E-state index >= 15 is 0 Å². The third-order valence-electron chi connectivity index (χ3n) is 3.69. The minimum atomic E-state index is -0.615. The number of nitrogens with zero attached hydrogens (tertiary/aromatic N) is 1. The molecule has 1 fully saturated rings. The van der Waals surface area contributed by atoms with Crippen LogP contribution in [0.15, 0.2) is 29.2 Å². The molecule has 8 heteroatoms. The van der Waals surface area contributed by atoms with Gasteiger partial charge in [0.25, 0.3) is 11.1 Å². The molecule has 0 aromatic heterocycles. The maximum atomic E-state index is 12.7. The molecule has 1 atom stereocenters. The Labute approximate surface area is 169 Å². The van der Waals surface area contributed by atoms with Crippen molar-refractivity contribution in [3.63, 3.8) is 0 Å². The van der Waals surface area contributed by atoms with Crippen molar-refractivity contribution in [3.8, 4) is 5.75 Å². The van der Waals surface area contributed by atoms with Crippen LogP contribution in [0.5, 0.6) is 5.75 Å². The third kappa shape index (κ3) is 6.02. The Balaban J connectivity index is 2.01. The van der Waals surface area contributed by atoms with Gasteiger partial charge in [-0.15, -0.1) is 0 Å². The summed E-state index contributed by atoms with van der Waals surface area (Å²) in [7, 11) is 0. The van der Waals surface area contributed by atoms with E-state index in [0.717, 1.165) is 28.0 Å². The molecule has 1 unspecified atom stereocenters. The molecule has 7 nitrogen and oxygen atoms in total. The zero-order chi connectivity index (χ0) is 20.9. The molecule has 1 saturated heterocycles. The third-order valence-corrected chi connectivity index (χ3v) is 4.58. The number of hydrogen-bond donors (Lipinski definition) is 1. The molecule has 1 N–H and O–H groups in total. The van der Waals surface area contributed by atoms with Crippen molar-refractivity contribution >= 4 is 35.1 Å². The summed E-state index contributed by atoms with van der Waals surface area (Å²) in [6, 6.07) is 6.78. The molecule has 1 aliphatic heterocycles. The molecule has 0 aliphatic carbocycles. The molecule has 0 spiro atoms. The number of alkyl carbamates (subject to hydrolysis) is 1. The summed E-state index contributed by atoms with van der Waals surface area (Å²) >= 11 is 0.887. The van der Waals surface area contributed by atoms with E-state index < -0.39 is 17.7 Å². The predicted octanol–water partition coefficient (Wildman–Crippen LogP) is 4.03. The van der Waals surface area contributed by atoms with Crippen molar-refractivity contribution in [2.75, 3.05) is 13.2 Å². The number of carbonyl (C=O) groups excluding carboxylic acids is 3. The Kier molecular flexibility index (Phi) is 7.12. The van der Waals surface area contributed by atoms with Gasteiger partial charge in [-0.2, -0.15) is 0 Å². The quantitative estimate of drug-likeness (QED) is 0.718. The molecular weight excluding hydrogens is 380 g/mol. The minimum absolute atomic E-state index is 0.114. The Hall–Kier alpha value is -2.48. The molecular formula is C20H26N2O5S. The fraction of sp³-hybridized carbons (Fsp3) is 0.450. The molecule has 3 amide bonds. The van der Waals surface area contributed by atoms with Crippen molar-refractivity contribution in [3.05, 3.63) is 34.7 Å².